The first kappa shape index (κ1) is 58.3. The molecule has 5 heteroatoms. The highest BCUT2D eigenvalue weighted by molar-refractivity contribution is 5.87. The molecule has 84 heavy (non-hydrogen) atoms. The number of fused-ring (bicyclic) bond motifs is 3. The highest BCUT2D eigenvalue weighted by atomic mass is 16.5. The lowest BCUT2D eigenvalue weighted by Crippen LogP contribution is -2.22. The van der Waals surface area contributed by atoms with E-state index in [0.29, 0.717) is 0 Å². The van der Waals surface area contributed by atoms with Gasteiger partial charge in [-0.05, 0) is 198 Å². The summed E-state index contributed by atoms with van der Waals surface area (Å²) in [5.74, 6) is 4.18. The second-order valence-corrected chi connectivity index (χ2v) is 29.0. The quantitative estimate of drug-likeness (QED) is 0.115. The van der Waals surface area contributed by atoms with Gasteiger partial charge in [0.25, 0.3) is 0 Å². The molecule has 5 nitrogen and oxygen atoms in total. The van der Waals surface area contributed by atoms with Gasteiger partial charge in [-0.2, -0.15) is 0 Å². The molecule has 0 amide bonds. The lowest BCUT2D eigenvalue weighted by atomic mass is 9.74. The molecule has 0 fully saturated rings. The molecule has 0 saturated carbocycles. The van der Waals surface area contributed by atoms with Gasteiger partial charge in [0.2, 0.25) is 0 Å². The van der Waals surface area contributed by atoms with Crippen LogP contribution in [0.3, 0.4) is 0 Å². The van der Waals surface area contributed by atoms with Crippen molar-refractivity contribution < 1.29 is 4.74 Å². The zero-order valence-corrected chi connectivity index (χ0v) is 53.6. The van der Waals surface area contributed by atoms with Crippen molar-refractivity contribution in [2.24, 2.45) is 0 Å². The molecular weight excluding hydrogens is 1020 g/mol. The Balaban J connectivity index is 1.00. The topological polar surface area (TPSA) is 44.9 Å². The van der Waals surface area contributed by atoms with Crippen LogP contribution >= 0.6 is 0 Å². The van der Waals surface area contributed by atoms with E-state index in [2.05, 4.69) is 291 Å². The molecule has 0 unspecified atom stereocenters. The van der Waals surface area contributed by atoms with Crippen LogP contribution in [0.25, 0.3) is 78.5 Å². The second kappa shape index (κ2) is 21.8. The fourth-order valence-corrected chi connectivity index (χ4v) is 13.2. The largest absolute Gasteiger partial charge is 0.457 e. The number of rotatable bonds is 12. The van der Waals surface area contributed by atoms with Crippen molar-refractivity contribution >= 4 is 22.1 Å². The highest BCUT2D eigenvalue weighted by Gasteiger charge is 2.35. The number of aromatic nitrogens is 4. The van der Waals surface area contributed by atoms with Gasteiger partial charge in [0.15, 0.2) is 0 Å². The number of hydrogen-bond acceptors (Lipinski definition) is 3. The maximum Gasteiger partial charge on any atom is 0.145 e. The second-order valence-electron chi connectivity index (χ2n) is 29.0. The Hall–Kier alpha value is -7.50. The third-order valence-electron chi connectivity index (χ3n) is 18.2. The average molecular weight is 1110 g/mol. The zero-order valence-electron chi connectivity index (χ0n) is 53.6. The number of nitrogens with zero attached hydrogens (tertiary/aromatic N) is 4. The van der Waals surface area contributed by atoms with Crippen LogP contribution in [0.5, 0.6) is 11.5 Å². The van der Waals surface area contributed by atoms with Crippen LogP contribution in [0.4, 0.5) is 0 Å². The van der Waals surface area contributed by atoms with Crippen LogP contribution in [0.15, 0.2) is 158 Å². The van der Waals surface area contributed by atoms with Gasteiger partial charge in [0.05, 0.1) is 33.4 Å². The number of hydrogen-bond donors (Lipinski definition) is 0. The van der Waals surface area contributed by atoms with Gasteiger partial charge in [0.1, 0.15) is 23.1 Å². The van der Waals surface area contributed by atoms with Crippen molar-refractivity contribution in [3.63, 3.8) is 0 Å². The van der Waals surface area contributed by atoms with Crippen LogP contribution in [-0.2, 0) is 21.7 Å². The molecule has 0 spiro atoms. The first-order chi connectivity index (χ1) is 39.7. The van der Waals surface area contributed by atoms with Crippen molar-refractivity contribution in [1.29, 1.82) is 0 Å². The Morgan fingerprint density at radius 1 is 0.393 bits per heavy atom. The van der Waals surface area contributed by atoms with E-state index in [0.717, 1.165) is 56.3 Å². The maximum atomic E-state index is 6.99. The summed E-state index contributed by atoms with van der Waals surface area (Å²) in [5, 5.41) is 0. The monoisotopic (exact) mass is 1110 g/mol. The summed E-state index contributed by atoms with van der Waals surface area (Å²) in [6, 6.07) is 58.6. The Morgan fingerprint density at radius 2 is 0.786 bits per heavy atom. The van der Waals surface area contributed by atoms with E-state index in [1.165, 1.54) is 97.4 Å². The summed E-state index contributed by atoms with van der Waals surface area (Å²) < 4.78 is 11.9. The number of benzene rings is 8. The van der Waals surface area contributed by atoms with Crippen LogP contribution < -0.4 is 4.74 Å². The number of para-hydroxylation sites is 4. The molecule has 0 bridgehead atoms. The van der Waals surface area contributed by atoms with Crippen LogP contribution in [-0.4, -0.2) is 19.1 Å². The molecule has 8 aromatic carbocycles. The van der Waals surface area contributed by atoms with Gasteiger partial charge < -0.3 is 4.74 Å². The average Bonchev–Trinajstić information content (AvgIpc) is 3.33. The molecular formula is C79H90N4O. The zero-order chi connectivity index (χ0) is 59.9. The first-order valence-corrected chi connectivity index (χ1v) is 31.2. The normalized spacial score (nSPS) is 14.5. The standard InChI is InChI=1S/C79H90N4O/c1-48(2)62-42-56(52-34-35-66-67(46-52)79(17,18)37-25-36-78(66,15)16)43-63(49(3)4)72(62)82-70-32-21-19-30-68(70)80-74(82)53-26-23-28-60(40-53)84-61-29-24-27-54(41-61)75-81-69-31-20-22-33-71(69)83(75)73-64(50(5)6)44-57(45-65(73)51(7)8)55-38-58(76(9,10)11)47-59(39-55)77(12,13)14/h19-24,26-35,38-51H,25,36-37H2,1-18H3. The maximum absolute atomic E-state index is 6.99. The fourth-order valence-electron chi connectivity index (χ4n) is 13.2. The summed E-state index contributed by atoms with van der Waals surface area (Å²) in [7, 11) is 0. The van der Waals surface area contributed by atoms with Gasteiger partial charge in [-0.15, -0.1) is 0 Å². The molecule has 0 aliphatic heterocycles. The van der Waals surface area contributed by atoms with Crippen molar-refractivity contribution in [3.8, 4) is 67.9 Å². The number of imidazole rings is 2. The van der Waals surface area contributed by atoms with Crippen molar-refractivity contribution in [2.75, 3.05) is 0 Å². The molecule has 0 atom stereocenters. The van der Waals surface area contributed by atoms with Gasteiger partial charge >= 0.3 is 0 Å². The van der Waals surface area contributed by atoms with Gasteiger partial charge in [-0.3, -0.25) is 9.13 Å². The van der Waals surface area contributed by atoms with Gasteiger partial charge in [-0.25, -0.2) is 9.97 Å². The molecule has 1 aliphatic carbocycles. The summed E-state index contributed by atoms with van der Waals surface area (Å²) in [6.45, 7) is 42.4. The fraction of sp³-hybridized carbons (Fsp3) is 0.367. The minimum absolute atomic E-state index is 0.00425. The van der Waals surface area contributed by atoms with Crippen LogP contribution in [0.1, 0.15) is 212 Å². The molecule has 10 aromatic rings. The predicted octanol–water partition coefficient (Wildman–Crippen LogP) is 22.7. The van der Waals surface area contributed by atoms with E-state index < -0.39 is 0 Å². The highest BCUT2D eigenvalue weighted by Crippen LogP contribution is 2.48. The Bertz CT molecular complexity index is 4030. The third-order valence-corrected chi connectivity index (χ3v) is 18.2. The van der Waals surface area contributed by atoms with E-state index in [9.17, 15) is 0 Å². The number of ether oxygens (including phenoxy) is 1. The molecule has 0 N–H and O–H groups in total. The summed E-state index contributed by atoms with van der Waals surface area (Å²) >= 11 is 0. The summed E-state index contributed by atoms with van der Waals surface area (Å²) in [4.78, 5) is 10.9. The van der Waals surface area contributed by atoms with Crippen molar-refractivity contribution in [1.82, 2.24) is 19.1 Å². The Morgan fingerprint density at radius 3 is 1.20 bits per heavy atom. The van der Waals surface area contributed by atoms with E-state index in [1.54, 1.807) is 0 Å². The predicted molar refractivity (Wildman–Crippen MR) is 358 cm³/mol. The van der Waals surface area contributed by atoms with E-state index >= 15 is 0 Å². The Kier molecular flexibility index (Phi) is 15.2. The summed E-state index contributed by atoms with van der Waals surface area (Å²) in [6.07, 6.45) is 3.65. The van der Waals surface area contributed by atoms with Crippen LogP contribution in [0.2, 0.25) is 0 Å². The smallest absolute Gasteiger partial charge is 0.145 e. The van der Waals surface area contributed by atoms with E-state index in [4.69, 9.17) is 14.7 Å². The van der Waals surface area contributed by atoms with E-state index in [-0.39, 0.29) is 45.3 Å². The molecule has 1 aliphatic rings. The SMILES string of the molecule is CC(C)c1cc(-c2cc(C(C)(C)C)cc(C(C)(C)C)c2)cc(C(C)C)c1-n1c(-c2cccc(Oc3cccc(-c4nc5ccccc5n4-c4c(C(C)C)cc(-c5ccc6c(c5)C(C)(C)CCCC6(C)C)cc4C(C)C)c3)c2)nc2ccccc21. The molecule has 0 saturated heterocycles. The van der Waals surface area contributed by atoms with Gasteiger partial charge in [-0.1, -0.05) is 216 Å². The minimum Gasteiger partial charge on any atom is -0.457 e. The molecule has 11 rings (SSSR count). The molecule has 2 aromatic heterocycles. The molecule has 432 valence electrons. The van der Waals surface area contributed by atoms with Crippen LogP contribution in [0, 0.1) is 0 Å². The Labute approximate surface area is 502 Å². The summed E-state index contributed by atoms with van der Waals surface area (Å²) in [5.41, 5.74) is 24.7. The first-order valence-electron chi connectivity index (χ1n) is 31.2. The van der Waals surface area contributed by atoms with Gasteiger partial charge in [0, 0.05) is 11.1 Å². The lowest BCUT2D eigenvalue weighted by Gasteiger charge is -2.31. The minimum atomic E-state index is 0.00425. The molecule has 0 radical (unpaired) electrons. The lowest BCUT2D eigenvalue weighted by molar-refractivity contribution is 0.433. The van der Waals surface area contributed by atoms with Crippen molar-refractivity contribution in [2.45, 2.75) is 189 Å². The van der Waals surface area contributed by atoms with E-state index in [1.807, 2.05) is 0 Å². The molecule has 2 heterocycles. The van der Waals surface area contributed by atoms with Crippen molar-refractivity contribution in [3.05, 3.63) is 202 Å². The third kappa shape index (κ3) is 11.0.